The molecular formula is C18H18Cl2N6O3. The molecule has 3 aromatic rings. The van der Waals surface area contributed by atoms with Crippen LogP contribution in [0.5, 0.6) is 0 Å². The molecule has 0 radical (unpaired) electrons. The zero-order chi connectivity index (χ0) is 20.5. The lowest BCUT2D eigenvalue weighted by molar-refractivity contribution is 0.102. The van der Waals surface area contributed by atoms with E-state index in [1.165, 1.54) is 0 Å². The highest BCUT2D eigenvalue weighted by Gasteiger charge is 2.22. The average Bonchev–Trinajstić information content (AvgIpc) is 3.27. The molecule has 0 saturated carbocycles. The normalized spacial score (nSPS) is 14.2. The van der Waals surface area contributed by atoms with Gasteiger partial charge in [-0.1, -0.05) is 28.4 Å². The van der Waals surface area contributed by atoms with Crippen molar-refractivity contribution in [3.8, 4) is 11.4 Å². The molecule has 1 aromatic carbocycles. The molecule has 1 saturated heterocycles. The van der Waals surface area contributed by atoms with Gasteiger partial charge in [0, 0.05) is 37.4 Å². The number of aryl methyl sites for hydroxylation is 1. The van der Waals surface area contributed by atoms with E-state index in [9.17, 15) is 9.59 Å². The van der Waals surface area contributed by atoms with Crippen LogP contribution in [0.2, 0.25) is 10.0 Å². The second kappa shape index (κ2) is 7.94. The molecule has 2 aromatic heterocycles. The first kappa shape index (κ1) is 19.6. The van der Waals surface area contributed by atoms with Gasteiger partial charge in [0.15, 0.2) is 5.82 Å². The predicted molar refractivity (Wildman–Crippen MR) is 111 cm³/mol. The number of nitrogens with zero attached hydrogens (tertiary/aromatic N) is 2. The number of hydrogen-bond acceptors (Lipinski definition) is 6. The number of rotatable bonds is 4. The monoisotopic (exact) mass is 436 g/mol. The summed E-state index contributed by atoms with van der Waals surface area (Å²) in [5.41, 5.74) is 2.89. The minimum absolute atomic E-state index is 0.183. The SMILES string of the molecule is Cc1[nH]c(C(=O)Nc2ccc(-c3noc(=O)[nH]3)cc2N2CCNCC2)c(Cl)c1Cl. The van der Waals surface area contributed by atoms with Crippen LogP contribution in [-0.2, 0) is 0 Å². The van der Waals surface area contributed by atoms with Gasteiger partial charge >= 0.3 is 5.76 Å². The Morgan fingerprint density at radius 3 is 2.59 bits per heavy atom. The summed E-state index contributed by atoms with van der Waals surface area (Å²) < 4.78 is 4.60. The van der Waals surface area contributed by atoms with Crippen LogP contribution in [0.3, 0.4) is 0 Å². The molecule has 4 rings (SSSR count). The molecule has 0 spiro atoms. The molecule has 0 aliphatic carbocycles. The molecule has 1 aliphatic heterocycles. The fourth-order valence-electron chi connectivity index (χ4n) is 3.22. The second-order valence-corrected chi connectivity index (χ2v) is 7.38. The number of carbonyl (C=O) groups is 1. The topological polar surface area (TPSA) is 119 Å². The smallest absolute Gasteiger partial charge is 0.367 e. The van der Waals surface area contributed by atoms with Crippen LogP contribution >= 0.6 is 23.2 Å². The number of halogens is 2. The second-order valence-electron chi connectivity index (χ2n) is 6.62. The minimum atomic E-state index is -0.630. The molecule has 0 atom stereocenters. The highest BCUT2D eigenvalue weighted by Crippen LogP contribution is 2.33. The van der Waals surface area contributed by atoms with Crippen molar-refractivity contribution in [1.29, 1.82) is 0 Å². The molecule has 9 nitrogen and oxygen atoms in total. The van der Waals surface area contributed by atoms with Crippen molar-refractivity contribution in [3.05, 3.63) is 50.2 Å². The Bertz CT molecular complexity index is 1110. The highest BCUT2D eigenvalue weighted by atomic mass is 35.5. The Morgan fingerprint density at radius 2 is 1.97 bits per heavy atom. The van der Waals surface area contributed by atoms with Gasteiger partial charge in [-0.05, 0) is 25.1 Å². The quantitative estimate of drug-likeness (QED) is 0.498. The van der Waals surface area contributed by atoms with Crippen LogP contribution in [0.15, 0.2) is 27.5 Å². The van der Waals surface area contributed by atoms with Gasteiger partial charge in [0.25, 0.3) is 5.91 Å². The first-order valence-corrected chi connectivity index (χ1v) is 9.70. The summed E-state index contributed by atoms with van der Waals surface area (Å²) in [5, 5.41) is 10.4. The first-order chi connectivity index (χ1) is 13.9. The molecule has 11 heteroatoms. The number of benzene rings is 1. The lowest BCUT2D eigenvalue weighted by Crippen LogP contribution is -2.43. The number of hydrogen-bond donors (Lipinski definition) is 4. The Kier molecular flexibility index (Phi) is 5.35. The zero-order valence-electron chi connectivity index (χ0n) is 15.4. The van der Waals surface area contributed by atoms with E-state index in [2.05, 4.69) is 35.2 Å². The lowest BCUT2D eigenvalue weighted by Gasteiger charge is -2.31. The van der Waals surface area contributed by atoms with E-state index in [1.54, 1.807) is 19.1 Å². The number of amides is 1. The molecule has 3 heterocycles. The van der Waals surface area contributed by atoms with Crippen molar-refractivity contribution in [2.75, 3.05) is 36.4 Å². The largest absolute Gasteiger partial charge is 0.439 e. The summed E-state index contributed by atoms with van der Waals surface area (Å²) in [7, 11) is 0. The van der Waals surface area contributed by atoms with Gasteiger partial charge < -0.3 is 20.5 Å². The summed E-state index contributed by atoms with van der Waals surface area (Å²) in [6, 6.07) is 5.34. The number of nitrogens with one attached hydrogen (secondary N) is 4. The third-order valence-corrected chi connectivity index (χ3v) is 5.65. The van der Waals surface area contributed by atoms with Crippen LogP contribution < -0.4 is 21.3 Å². The fourth-order valence-corrected chi connectivity index (χ4v) is 3.64. The third kappa shape index (κ3) is 3.89. The van der Waals surface area contributed by atoms with E-state index in [0.29, 0.717) is 27.8 Å². The number of piperazine rings is 1. The van der Waals surface area contributed by atoms with E-state index in [-0.39, 0.29) is 10.7 Å². The van der Waals surface area contributed by atoms with Crippen molar-refractivity contribution in [3.63, 3.8) is 0 Å². The van der Waals surface area contributed by atoms with Gasteiger partial charge in [0.1, 0.15) is 5.69 Å². The first-order valence-electron chi connectivity index (χ1n) is 8.95. The number of anilines is 2. The third-order valence-electron chi connectivity index (χ3n) is 4.70. The molecule has 1 aliphatic rings. The summed E-state index contributed by atoms with van der Waals surface area (Å²) in [4.78, 5) is 31.7. The molecule has 0 bridgehead atoms. The number of aromatic amines is 2. The van der Waals surface area contributed by atoms with Crippen LogP contribution in [0.1, 0.15) is 16.2 Å². The average molecular weight is 437 g/mol. The summed E-state index contributed by atoms with van der Waals surface area (Å²) in [6.07, 6.45) is 0. The van der Waals surface area contributed by atoms with E-state index >= 15 is 0 Å². The van der Waals surface area contributed by atoms with Crippen LogP contribution in [-0.4, -0.2) is 47.2 Å². The van der Waals surface area contributed by atoms with E-state index in [4.69, 9.17) is 23.2 Å². The Balaban J connectivity index is 1.70. The lowest BCUT2D eigenvalue weighted by atomic mass is 10.1. The fraction of sp³-hybridized carbons (Fsp3) is 0.278. The van der Waals surface area contributed by atoms with E-state index in [0.717, 1.165) is 31.9 Å². The van der Waals surface area contributed by atoms with Gasteiger partial charge in [0.2, 0.25) is 0 Å². The van der Waals surface area contributed by atoms with Gasteiger partial charge in [-0.2, -0.15) is 0 Å². The van der Waals surface area contributed by atoms with E-state index < -0.39 is 11.7 Å². The molecule has 29 heavy (non-hydrogen) atoms. The molecular weight excluding hydrogens is 419 g/mol. The van der Waals surface area contributed by atoms with Crippen LogP contribution in [0.25, 0.3) is 11.4 Å². The number of carbonyl (C=O) groups excluding carboxylic acids is 1. The predicted octanol–water partition coefficient (Wildman–Crippen LogP) is 2.64. The van der Waals surface area contributed by atoms with Crippen molar-refractivity contribution in [2.45, 2.75) is 6.92 Å². The van der Waals surface area contributed by atoms with Crippen LogP contribution in [0, 0.1) is 6.92 Å². The summed E-state index contributed by atoms with van der Waals surface area (Å²) in [6.45, 7) is 4.89. The molecule has 152 valence electrons. The molecule has 1 fully saturated rings. The van der Waals surface area contributed by atoms with E-state index in [1.807, 2.05) is 6.07 Å². The number of aromatic nitrogens is 3. The summed E-state index contributed by atoms with van der Waals surface area (Å²) >= 11 is 12.3. The van der Waals surface area contributed by atoms with Crippen LogP contribution in [0.4, 0.5) is 11.4 Å². The van der Waals surface area contributed by atoms with Gasteiger partial charge in [0.05, 0.1) is 21.4 Å². The Labute approximate surface area is 175 Å². The maximum absolute atomic E-state index is 12.8. The molecule has 0 unspecified atom stereocenters. The maximum atomic E-state index is 12.8. The Morgan fingerprint density at radius 1 is 1.21 bits per heavy atom. The maximum Gasteiger partial charge on any atom is 0.439 e. The summed E-state index contributed by atoms with van der Waals surface area (Å²) in [5.74, 6) is -0.710. The highest BCUT2D eigenvalue weighted by molar-refractivity contribution is 6.44. The van der Waals surface area contributed by atoms with Gasteiger partial charge in [-0.3, -0.25) is 14.3 Å². The van der Waals surface area contributed by atoms with Gasteiger partial charge in [-0.15, -0.1) is 0 Å². The van der Waals surface area contributed by atoms with Crippen molar-refractivity contribution in [1.82, 2.24) is 20.4 Å². The van der Waals surface area contributed by atoms with Crippen molar-refractivity contribution in [2.24, 2.45) is 0 Å². The van der Waals surface area contributed by atoms with Gasteiger partial charge in [-0.25, -0.2) is 4.79 Å². The van der Waals surface area contributed by atoms with Crippen molar-refractivity contribution < 1.29 is 9.32 Å². The Hall–Kier alpha value is -2.75. The zero-order valence-corrected chi connectivity index (χ0v) is 16.9. The van der Waals surface area contributed by atoms with Crippen molar-refractivity contribution >= 4 is 40.5 Å². The molecule has 1 amide bonds. The number of H-pyrrole nitrogens is 2. The minimum Gasteiger partial charge on any atom is -0.367 e. The standard InChI is InChI=1S/C18H18Cl2N6O3/c1-9-13(19)14(20)15(22-9)17(27)23-11-3-2-10(16-24-18(28)29-25-16)8-12(11)26-6-4-21-5-7-26/h2-3,8,21-22H,4-7H2,1H3,(H,23,27)(H,24,25,28). The molecule has 4 N–H and O–H groups in total.